The smallest absolute Gasteiger partial charge is 0.305 e. The minimum Gasteiger partial charge on any atom is -0.481 e. The highest BCUT2D eigenvalue weighted by molar-refractivity contribution is 5.98. The first-order valence-electron chi connectivity index (χ1n) is 9.04. The number of aliphatic carboxylic acids is 1. The quantitative estimate of drug-likeness (QED) is 0.793. The van der Waals surface area contributed by atoms with E-state index in [9.17, 15) is 14.4 Å². The zero-order valence-corrected chi connectivity index (χ0v) is 16.3. The van der Waals surface area contributed by atoms with Gasteiger partial charge >= 0.3 is 5.97 Å². The van der Waals surface area contributed by atoms with Gasteiger partial charge in [0.25, 0.3) is 11.8 Å². The van der Waals surface area contributed by atoms with Crippen LogP contribution in [0.1, 0.15) is 54.3 Å². The summed E-state index contributed by atoms with van der Waals surface area (Å²) in [6, 6.07) is 6.04. The highest BCUT2D eigenvalue weighted by Crippen LogP contribution is 2.25. The molecule has 1 saturated heterocycles. The summed E-state index contributed by atoms with van der Waals surface area (Å²) in [5, 5.41) is 12.0. The molecule has 2 N–H and O–H groups in total. The SMILES string of the molecule is CO[C@@H]1C[C@@H](CC(=O)O)N(C(=O)c2ccc(C(=O)NCC(C)(C)C)cc2)C1. The summed E-state index contributed by atoms with van der Waals surface area (Å²) in [4.78, 5) is 37.6. The molecule has 2 rings (SSSR count). The largest absolute Gasteiger partial charge is 0.481 e. The van der Waals surface area contributed by atoms with Crippen LogP contribution in [0.2, 0.25) is 0 Å². The van der Waals surface area contributed by atoms with Crippen molar-refractivity contribution in [2.45, 2.75) is 45.8 Å². The molecule has 148 valence electrons. The maximum absolute atomic E-state index is 12.8. The van der Waals surface area contributed by atoms with Crippen LogP contribution < -0.4 is 5.32 Å². The summed E-state index contributed by atoms with van der Waals surface area (Å²) in [6.07, 6.45) is 0.224. The van der Waals surface area contributed by atoms with Gasteiger partial charge in [0.2, 0.25) is 0 Å². The van der Waals surface area contributed by atoms with Crippen molar-refractivity contribution in [2.24, 2.45) is 5.41 Å². The number of amides is 2. The topological polar surface area (TPSA) is 95.9 Å². The van der Waals surface area contributed by atoms with E-state index in [1.807, 2.05) is 20.8 Å². The van der Waals surface area contributed by atoms with Gasteiger partial charge in [-0.2, -0.15) is 0 Å². The molecule has 1 heterocycles. The van der Waals surface area contributed by atoms with E-state index in [-0.39, 0.29) is 29.8 Å². The van der Waals surface area contributed by atoms with E-state index in [2.05, 4.69) is 5.32 Å². The number of carboxylic acids is 1. The molecular formula is C20H28N2O5. The molecule has 7 nitrogen and oxygen atoms in total. The Morgan fingerprint density at radius 3 is 2.30 bits per heavy atom. The summed E-state index contributed by atoms with van der Waals surface area (Å²) >= 11 is 0. The Hall–Kier alpha value is -2.41. The number of nitrogens with one attached hydrogen (secondary N) is 1. The molecule has 1 aliphatic rings. The van der Waals surface area contributed by atoms with Gasteiger partial charge in [-0.05, 0) is 36.1 Å². The van der Waals surface area contributed by atoms with Crippen molar-refractivity contribution < 1.29 is 24.2 Å². The fraction of sp³-hybridized carbons (Fsp3) is 0.550. The fourth-order valence-electron chi connectivity index (χ4n) is 3.07. The number of hydrogen-bond acceptors (Lipinski definition) is 4. The number of rotatable bonds is 6. The van der Waals surface area contributed by atoms with Gasteiger partial charge in [0, 0.05) is 37.4 Å². The van der Waals surface area contributed by atoms with Crippen LogP contribution >= 0.6 is 0 Å². The van der Waals surface area contributed by atoms with Crippen LogP contribution in [0.3, 0.4) is 0 Å². The highest BCUT2D eigenvalue weighted by atomic mass is 16.5. The lowest BCUT2D eigenvalue weighted by atomic mass is 9.97. The van der Waals surface area contributed by atoms with Crippen molar-refractivity contribution in [1.29, 1.82) is 0 Å². The van der Waals surface area contributed by atoms with Gasteiger partial charge in [-0.1, -0.05) is 20.8 Å². The van der Waals surface area contributed by atoms with E-state index >= 15 is 0 Å². The molecule has 7 heteroatoms. The summed E-state index contributed by atoms with van der Waals surface area (Å²) in [5.41, 5.74) is 0.891. The standard InChI is InChI=1S/C20H28N2O5/c1-20(2,3)12-21-18(25)13-5-7-14(8-6-13)19(26)22-11-16(27-4)9-15(22)10-17(23)24/h5-8,15-16H,9-12H2,1-4H3,(H,21,25)(H,23,24)/t15-,16+/m0/s1. The van der Waals surface area contributed by atoms with Crippen LogP contribution in [0.15, 0.2) is 24.3 Å². The second-order valence-corrected chi connectivity index (χ2v) is 8.12. The van der Waals surface area contributed by atoms with Crippen molar-refractivity contribution in [3.8, 4) is 0 Å². The monoisotopic (exact) mass is 376 g/mol. The lowest BCUT2D eigenvalue weighted by Gasteiger charge is -2.23. The van der Waals surface area contributed by atoms with E-state index in [0.29, 0.717) is 30.6 Å². The van der Waals surface area contributed by atoms with Crippen LogP contribution in [0.4, 0.5) is 0 Å². The first kappa shape index (κ1) is 20.9. The second kappa shape index (κ2) is 8.52. The Morgan fingerprint density at radius 1 is 1.19 bits per heavy atom. The first-order chi connectivity index (χ1) is 12.6. The molecule has 0 saturated carbocycles. The molecule has 0 aromatic heterocycles. The average molecular weight is 376 g/mol. The van der Waals surface area contributed by atoms with E-state index in [1.165, 1.54) is 0 Å². The molecular weight excluding hydrogens is 348 g/mol. The zero-order chi connectivity index (χ0) is 20.2. The van der Waals surface area contributed by atoms with E-state index in [4.69, 9.17) is 9.84 Å². The lowest BCUT2D eigenvalue weighted by molar-refractivity contribution is -0.138. The van der Waals surface area contributed by atoms with Crippen LogP contribution in [0, 0.1) is 5.41 Å². The van der Waals surface area contributed by atoms with Crippen molar-refractivity contribution in [1.82, 2.24) is 10.2 Å². The molecule has 0 spiro atoms. The van der Waals surface area contributed by atoms with Gasteiger partial charge in [0.15, 0.2) is 0 Å². The molecule has 1 aliphatic heterocycles. The maximum atomic E-state index is 12.8. The number of ether oxygens (including phenoxy) is 1. The molecule has 27 heavy (non-hydrogen) atoms. The summed E-state index contributed by atoms with van der Waals surface area (Å²) in [5.74, 6) is -1.38. The molecule has 0 bridgehead atoms. The van der Waals surface area contributed by atoms with Crippen molar-refractivity contribution in [3.63, 3.8) is 0 Å². The zero-order valence-electron chi connectivity index (χ0n) is 16.3. The predicted octanol–water partition coefficient (Wildman–Crippen LogP) is 2.17. The number of hydrogen-bond donors (Lipinski definition) is 2. The number of carboxylic acid groups (broad SMARTS) is 1. The number of carbonyl (C=O) groups is 3. The highest BCUT2D eigenvalue weighted by Gasteiger charge is 2.36. The summed E-state index contributed by atoms with van der Waals surface area (Å²) in [7, 11) is 1.56. The molecule has 1 aromatic carbocycles. The number of methoxy groups -OCH3 is 1. The minimum absolute atomic E-state index is 0.0155. The fourth-order valence-corrected chi connectivity index (χ4v) is 3.07. The Kier molecular flexibility index (Phi) is 6.59. The maximum Gasteiger partial charge on any atom is 0.305 e. The van der Waals surface area contributed by atoms with Gasteiger partial charge < -0.3 is 20.1 Å². The molecule has 2 amide bonds. The van der Waals surface area contributed by atoms with E-state index in [1.54, 1.807) is 36.3 Å². The average Bonchev–Trinajstić information content (AvgIpc) is 3.00. The Labute approximate surface area is 159 Å². The number of carbonyl (C=O) groups excluding carboxylic acids is 2. The third-order valence-corrected chi connectivity index (χ3v) is 4.55. The van der Waals surface area contributed by atoms with E-state index < -0.39 is 12.0 Å². The molecule has 1 fully saturated rings. The Balaban J connectivity index is 2.07. The van der Waals surface area contributed by atoms with Gasteiger partial charge in [0.05, 0.1) is 12.5 Å². The normalized spacial score (nSPS) is 19.8. The van der Waals surface area contributed by atoms with Gasteiger partial charge in [0.1, 0.15) is 0 Å². The Bertz CT molecular complexity index is 693. The summed E-state index contributed by atoms with van der Waals surface area (Å²) in [6.45, 7) is 7.01. The second-order valence-electron chi connectivity index (χ2n) is 8.12. The molecule has 2 atom stereocenters. The van der Waals surface area contributed by atoms with Crippen molar-refractivity contribution >= 4 is 17.8 Å². The molecule has 0 aliphatic carbocycles. The van der Waals surface area contributed by atoms with Crippen LogP contribution in [-0.2, 0) is 9.53 Å². The number of benzene rings is 1. The predicted molar refractivity (Wildman–Crippen MR) is 101 cm³/mol. The van der Waals surface area contributed by atoms with Crippen LogP contribution in [-0.4, -0.2) is 60.1 Å². The van der Waals surface area contributed by atoms with Crippen molar-refractivity contribution in [2.75, 3.05) is 20.2 Å². The van der Waals surface area contributed by atoms with Crippen LogP contribution in [0.5, 0.6) is 0 Å². The van der Waals surface area contributed by atoms with Gasteiger partial charge in [-0.15, -0.1) is 0 Å². The molecule has 0 unspecified atom stereocenters. The third kappa shape index (κ3) is 5.79. The van der Waals surface area contributed by atoms with Gasteiger partial charge in [-0.25, -0.2) is 0 Å². The Morgan fingerprint density at radius 2 is 1.78 bits per heavy atom. The molecule has 0 radical (unpaired) electrons. The van der Waals surface area contributed by atoms with Crippen LogP contribution in [0.25, 0.3) is 0 Å². The summed E-state index contributed by atoms with van der Waals surface area (Å²) < 4.78 is 5.30. The van der Waals surface area contributed by atoms with E-state index in [0.717, 1.165) is 0 Å². The number of likely N-dealkylation sites (tertiary alicyclic amines) is 1. The molecule has 1 aromatic rings. The third-order valence-electron chi connectivity index (χ3n) is 4.55. The number of nitrogens with zero attached hydrogens (tertiary/aromatic N) is 1. The first-order valence-corrected chi connectivity index (χ1v) is 9.04. The van der Waals surface area contributed by atoms with Crippen molar-refractivity contribution in [3.05, 3.63) is 35.4 Å². The minimum atomic E-state index is -0.944. The lowest BCUT2D eigenvalue weighted by Crippen LogP contribution is -2.37. The van der Waals surface area contributed by atoms with Gasteiger partial charge in [-0.3, -0.25) is 14.4 Å².